The first kappa shape index (κ1) is 32.2. The lowest BCUT2D eigenvalue weighted by molar-refractivity contribution is 0.623. The minimum atomic E-state index is -0.150. The number of aromatic nitrogens is 4. The molecule has 0 saturated heterocycles. The van der Waals surface area contributed by atoms with Crippen molar-refractivity contribution in [3.63, 3.8) is 0 Å². The zero-order chi connectivity index (χ0) is 37.8. The minimum absolute atomic E-state index is 0.150. The Morgan fingerprint density at radius 2 is 1.07 bits per heavy atom. The average molecular weight is 749 g/mol. The summed E-state index contributed by atoms with van der Waals surface area (Å²) >= 11 is 1.77. The van der Waals surface area contributed by atoms with Crippen LogP contribution in [0, 0.1) is 0 Å². The van der Waals surface area contributed by atoms with Gasteiger partial charge in [0, 0.05) is 47.8 Å². The molecule has 0 atom stereocenters. The average Bonchev–Trinajstić information content (AvgIpc) is 3.94. The van der Waals surface area contributed by atoms with Crippen molar-refractivity contribution in [2.45, 2.75) is 19.3 Å². The summed E-state index contributed by atoms with van der Waals surface area (Å²) in [6.07, 6.45) is 0. The lowest BCUT2D eigenvalue weighted by Gasteiger charge is -2.21. The molecule has 0 unspecified atom stereocenters. The van der Waals surface area contributed by atoms with Gasteiger partial charge in [-0.1, -0.05) is 123 Å². The Hall–Kier alpha value is -7.02. The normalized spacial score (nSPS) is 13.2. The topological polar surface area (TPSA) is 64.7 Å². The summed E-state index contributed by atoms with van der Waals surface area (Å²) in [5.41, 5.74) is 10.5. The van der Waals surface area contributed by atoms with E-state index in [9.17, 15) is 0 Å². The van der Waals surface area contributed by atoms with Crippen LogP contribution in [0.5, 0.6) is 0 Å². The number of thiophene rings is 1. The van der Waals surface area contributed by atoms with Gasteiger partial charge in [0.15, 0.2) is 23.1 Å². The first-order valence-electron chi connectivity index (χ1n) is 19.2. The zero-order valence-electron chi connectivity index (χ0n) is 31.1. The maximum Gasteiger partial charge on any atom is 0.227 e. The molecule has 0 saturated carbocycles. The van der Waals surface area contributed by atoms with E-state index in [4.69, 9.17) is 24.4 Å². The molecular weight excluding hydrogens is 717 g/mol. The zero-order valence-corrected chi connectivity index (χ0v) is 31.9. The summed E-state index contributed by atoms with van der Waals surface area (Å²) < 4.78 is 8.94. The van der Waals surface area contributed by atoms with Gasteiger partial charge in [-0.15, -0.1) is 11.3 Å². The van der Waals surface area contributed by atoms with Crippen LogP contribution in [0.4, 0.5) is 0 Å². The predicted molar refractivity (Wildman–Crippen MR) is 235 cm³/mol. The Bertz CT molecular complexity index is 3450. The van der Waals surface area contributed by atoms with Crippen LogP contribution in [0.25, 0.3) is 110 Å². The van der Waals surface area contributed by atoms with Crippen molar-refractivity contribution in [2.75, 3.05) is 0 Å². The third kappa shape index (κ3) is 4.94. The van der Waals surface area contributed by atoms with E-state index >= 15 is 0 Å². The summed E-state index contributed by atoms with van der Waals surface area (Å²) in [4.78, 5) is 20.6. The van der Waals surface area contributed by atoms with Crippen LogP contribution < -0.4 is 0 Å². The standard InChI is InChI=1S/C51H32N4OS/c1-51(2)39-15-9-8-14-36(39)37-22-20-35(28-40(37)51)49-54-47(33-18-16-29-10-6-7-13-32(29)26-33)53-48(55-49)34-19-17-30-21-24-42-44(38(30)27-34)45-43(57-42)25-23-41-46(45)56-50(52-41)31-11-4-3-5-12-31/h3-28H,1-2H3. The Morgan fingerprint density at radius 3 is 1.89 bits per heavy atom. The van der Waals surface area contributed by atoms with Gasteiger partial charge in [-0.2, -0.15) is 0 Å². The molecule has 3 aromatic heterocycles. The molecule has 11 aromatic rings. The second-order valence-electron chi connectivity index (χ2n) is 15.4. The van der Waals surface area contributed by atoms with E-state index in [0.717, 1.165) is 65.0 Å². The fourth-order valence-corrected chi connectivity index (χ4v) is 9.95. The van der Waals surface area contributed by atoms with Crippen molar-refractivity contribution in [3.8, 4) is 56.7 Å². The largest absolute Gasteiger partial charge is 0.435 e. The van der Waals surface area contributed by atoms with E-state index in [2.05, 4.69) is 141 Å². The summed E-state index contributed by atoms with van der Waals surface area (Å²) in [6.45, 7) is 4.61. The Morgan fingerprint density at radius 1 is 0.456 bits per heavy atom. The molecule has 0 spiro atoms. The fraction of sp³-hybridized carbons (Fsp3) is 0.0588. The maximum absolute atomic E-state index is 6.59. The van der Waals surface area contributed by atoms with E-state index in [1.165, 1.54) is 32.3 Å². The Balaban J connectivity index is 1.07. The molecule has 268 valence electrons. The summed E-state index contributed by atoms with van der Waals surface area (Å²) in [5, 5.41) is 6.81. The molecule has 1 aliphatic carbocycles. The maximum atomic E-state index is 6.59. The van der Waals surface area contributed by atoms with Gasteiger partial charge in [0.2, 0.25) is 5.89 Å². The van der Waals surface area contributed by atoms with Gasteiger partial charge in [0.25, 0.3) is 0 Å². The van der Waals surface area contributed by atoms with Crippen LogP contribution in [0.3, 0.4) is 0 Å². The van der Waals surface area contributed by atoms with E-state index in [1.807, 2.05) is 30.3 Å². The molecule has 6 heteroatoms. The third-order valence-electron chi connectivity index (χ3n) is 11.7. The lowest BCUT2D eigenvalue weighted by Crippen LogP contribution is -2.15. The van der Waals surface area contributed by atoms with Gasteiger partial charge in [0.1, 0.15) is 5.52 Å². The number of fused-ring (bicyclic) bond motifs is 11. The van der Waals surface area contributed by atoms with E-state index in [-0.39, 0.29) is 5.41 Å². The molecule has 0 N–H and O–H groups in total. The molecule has 57 heavy (non-hydrogen) atoms. The van der Waals surface area contributed by atoms with Gasteiger partial charge < -0.3 is 4.42 Å². The highest BCUT2D eigenvalue weighted by atomic mass is 32.1. The molecule has 0 bridgehead atoms. The van der Waals surface area contributed by atoms with Gasteiger partial charge in [-0.05, 0) is 92.3 Å². The molecule has 5 nitrogen and oxygen atoms in total. The number of nitrogens with zero attached hydrogens (tertiary/aromatic N) is 4. The van der Waals surface area contributed by atoms with Gasteiger partial charge in [-0.3, -0.25) is 0 Å². The highest BCUT2D eigenvalue weighted by Crippen LogP contribution is 2.49. The lowest BCUT2D eigenvalue weighted by atomic mass is 9.82. The first-order valence-corrected chi connectivity index (χ1v) is 20.0. The molecule has 0 aliphatic heterocycles. The van der Waals surface area contributed by atoms with Crippen LogP contribution in [-0.2, 0) is 5.41 Å². The van der Waals surface area contributed by atoms with Gasteiger partial charge in [-0.25, -0.2) is 19.9 Å². The van der Waals surface area contributed by atoms with Crippen molar-refractivity contribution in [2.24, 2.45) is 0 Å². The van der Waals surface area contributed by atoms with Crippen molar-refractivity contribution >= 4 is 64.2 Å². The number of benzene rings is 8. The second kappa shape index (κ2) is 12.0. The van der Waals surface area contributed by atoms with E-state index in [0.29, 0.717) is 23.4 Å². The van der Waals surface area contributed by atoms with E-state index in [1.54, 1.807) is 11.3 Å². The second-order valence-corrected chi connectivity index (χ2v) is 16.5. The first-order chi connectivity index (χ1) is 28.0. The summed E-state index contributed by atoms with van der Waals surface area (Å²) in [5.74, 6) is 2.53. The molecule has 3 heterocycles. The Kier molecular flexibility index (Phi) is 6.78. The van der Waals surface area contributed by atoms with Crippen LogP contribution >= 0.6 is 11.3 Å². The van der Waals surface area contributed by atoms with Crippen LogP contribution in [-0.4, -0.2) is 19.9 Å². The Labute approximate surface area is 332 Å². The molecule has 12 rings (SSSR count). The van der Waals surface area contributed by atoms with E-state index < -0.39 is 0 Å². The minimum Gasteiger partial charge on any atom is -0.435 e. The van der Waals surface area contributed by atoms with Crippen molar-refractivity contribution in [3.05, 3.63) is 169 Å². The molecule has 0 radical (unpaired) electrons. The highest BCUT2D eigenvalue weighted by molar-refractivity contribution is 7.26. The van der Waals surface area contributed by atoms with Crippen LogP contribution in [0.1, 0.15) is 25.0 Å². The molecular formula is C51H32N4OS. The number of hydrogen-bond acceptors (Lipinski definition) is 6. The summed E-state index contributed by atoms with van der Waals surface area (Å²) in [6, 6.07) is 55.5. The van der Waals surface area contributed by atoms with Crippen molar-refractivity contribution < 1.29 is 4.42 Å². The third-order valence-corrected chi connectivity index (χ3v) is 12.9. The molecule has 0 fully saturated rings. The molecule has 1 aliphatic rings. The fourth-order valence-electron chi connectivity index (χ4n) is 8.83. The van der Waals surface area contributed by atoms with Crippen molar-refractivity contribution in [1.82, 2.24) is 19.9 Å². The monoisotopic (exact) mass is 748 g/mol. The predicted octanol–water partition coefficient (Wildman–Crippen LogP) is 13.7. The van der Waals surface area contributed by atoms with Crippen LogP contribution in [0.2, 0.25) is 0 Å². The van der Waals surface area contributed by atoms with Gasteiger partial charge >= 0.3 is 0 Å². The summed E-state index contributed by atoms with van der Waals surface area (Å²) in [7, 11) is 0. The number of oxazole rings is 1. The molecule has 0 amide bonds. The smallest absolute Gasteiger partial charge is 0.227 e. The van der Waals surface area contributed by atoms with Gasteiger partial charge in [0.05, 0.1) is 0 Å². The van der Waals surface area contributed by atoms with Crippen molar-refractivity contribution in [1.29, 1.82) is 0 Å². The van der Waals surface area contributed by atoms with Crippen LogP contribution in [0.15, 0.2) is 162 Å². The highest BCUT2D eigenvalue weighted by Gasteiger charge is 2.35. The number of hydrogen-bond donors (Lipinski definition) is 0. The quantitative estimate of drug-likeness (QED) is 0.179. The number of rotatable bonds is 4. The SMILES string of the molecule is CC1(C)c2ccccc2-c2ccc(-c3nc(-c4ccc5ccccc5c4)nc(-c4ccc5ccc6sc7ccc8nc(-c9ccccc9)oc8c7c6c5c4)n3)cc21. The molecule has 8 aromatic carbocycles.